The first-order valence-corrected chi connectivity index (χ1v) is 6.43. The van der Waals surface area contributed by atoms with Gasteiger partial charge in [-0.05, 0) is 24.6 Å². The molecule has 1 aromatic carbocycles. The quantitative estimate of drug-likeness (QED) is 0.850. The monoisotopic (exact) mass is 247 g/mol. The normalized spacial score (nSPS) is 15.8. The van der Waals surface area contributed by atoms with Crippen molar-refractivity contribution in [2.45, 2.75) is 6.92 Å². The molecular formula is C12H13N3OS. The van der Waals surface area contributed by atoms with Crippen LogP contribution in [0.1, 0.15) is 5.56 Å². The molecule has 3 rings (SSSR count). The summed E-state index contributed by atoms with van der Waals surface area (Å²) in [6.45, 7) is 3.60. The molecule has 0 saturated carbocycles. The fraction of sp³-hybridized carbons (Fsp3) is 0.333. The van der Waals surface area contributed by atoms with E-state index in [2.05, 4.69) is 28.6 Å². The minimum absolute atomic E-state index is 0.0690. The number of carbonyl (C=O) groups is 1. The van der Waals surface area contributed by atoms with Crippen LogP contribution in [0.3, 0.4) is 0 Å². The Balaban J connectivity index is 1.83. The van der Waals surface area contributed by atoms with Gasteiger partial charge in [-0.1, -0.05) is 17.4 Å². The van der Waals surface area contributed by atoms with Crippen LogP contribution < -0.4 is 10.6 Å². The maximum absolute atomic E-state index is 11.8. The molecule has 2 heterocycles. The molecule has 0 unspecified atom stereocenters. The van der Waals surface area contributed by atoms with E-state index in [1.807, 2.05) is 12.1 Å². The largest absolute Gasteiger partial charge is 0.315 e. The third-order valence-electron chi connectivity index (χ3n) is 2.93. The Bertz CT molecular complexity index is 574. The van der Waals surface area contributed by atoms with E-state index in [0.717, 1.165) is 23.3 Å². The second kappa shape index (κ2) is 4.09. The number of aromatic nitrogens is 1. The van der Waals surface area contributed by atoms with Crippen molar-refractivity contribution in [1.29, 1.82) is 0 Å². The summed E-state index contributed by atoms with van der Waals surface area (Å²) in [5.41, 5.74) is 2.16. The summed E-state index contributed by atoms with van der Waals surface area (Å²) in [6, 6.07) is 6.11. The van der Waals surface area contributed by atoms with Crippen LogP contribution >= 0.6 is 11.3 Å². The molecule has 5 heteroatoms. The minimum Gasteiger partial charge on any atom is -0.315 e. The minimum atomic E-state index is 0.0690. The second-order valence-electron chi connectivity index (χ2n) is 4.33. The highest BCUT2D eigenvalue weighted by Gasteiger charge is 2.25. The van der Waals surface area contributed by atoms with E-state index < -0.39 is 0 Å². The van der Waals surface area contributed by atoms with E-state index in [1.54, 1.807) is 0 Å². The first-order valence-electron chi connectivity index (χ1n) is 5.61. The number of anilines is 1. The molecule has 17 heavy (non-hydrogen) atoms. The number of benzene rings is 1. The predicted octanol–water partition coefficient (Wildman–Crippen LogP) is 1.76. The van der Waals surface area contributed by atoms with Gasteiger partial charge in [0.05, 0.1) is 16.1 Å². The molecular weight excluding hydrogens is 234 g/mol. The Kier molecular flexibility index (Phi) is 2.57. The Morgan fingerprint density at radius 2 is 2.35 bits per heavy atom. The van der Waals surface area contributed by atoms with Crippen LogP contribution in [0.4, 0.5) is 5.13 Å². The summed E-state index contributed by atoms with van der Waals surface area (Å²) in [4.78, 5) is 16.2. The first-order chi connectivity index (χ1) is 8.22. The molecule has 88 valence electrons. The summed E-state index contributed by atoms with van der Waals surface area (Å²) in [5.74, 6) is 0.170. The van der Waals surface area contributed by atoms with Crippen LogP contribution in [0.2, 0.25) is 0 Å². The van der Waals surface area contributed by atoms with Crippen molar-refractivity contribution >= 4 is 32.6 Å². The zero-order valence-corrected chi connectivity index (χ0v) is 10.3. The lowest BCUT2D eigenvalue weighted by Gasteiger charge is -2.25. The predicted molar refractivity (Wildman–Crippen MR) is 69.3 cm³/mol. The molecule has 1 aliphatic heterocycles. The fourth-order valence-electron chi connectivity index (χ4n) is 1.77. The van der Waals surface area contributed by atoms with Crippen LogP contribution in [-0.4, -0.2) is 24.0 Å². The number of carbonyl (C=O) groups excluding carboxylic acids is 1. The van der Waals surface area contributed by atoms with E-state index >= 15 is 0 Å². The number of amides is 1. The molecule has 1 fully saturated rings. The number of hydrogen-bond donors (Lipinski definition) is 2. The lowest BCUT2D eigenvalue weighted by molar-refractivity contribution is -0.121. The van der Waals surface area contributed by atoms with E-state index in [9.17, 15) is 4.79 Å². The van der Waals surface area contributed by atoms with Crippen LogP contribution in [-0.2, 0) is 4.79 Å². The van der Waals surface area contributed by atoms with Crippen molar-refractivity contribution in [1.82, 2.24) is 10.3 Å². The summed E-state index contributed by atoms with van der Waals surface area (Å²) < 4.78 is 1.12. The number of fused-ring (bicyclic) bond motifs is 1. The highest BCUT2D eigenvalue weighted by Crippen LogP contribution is 2.27. The van der Waals surface area contributed by atoms with Crippen molar-refractivity contribution in [3.05, 3.63) is 23.8 Å². The van der Waals surface area contributed by atoms with E-state index in [4.69, 9.17) is 0 Å². The van der Waals surface area contributed by atoms with Gasteiger partial charge in [0.1, 0.15) is 0 Å². The van der Waals surface area contributed by atoms with Gasteiger partial charge < -0.3 is 10.6 Å². The molecule has 2 aromatic rings. The van der Waals surface area contributed by atoms with Gasteiger partial charge in [-0.3, -0.25) is 4.79 Å². The van der Waals surface area contributed by atoms with Gasteiger partial charge >= 0.3 is 0 Å². The van der Waals surface area contributed by atoms with E-state index in [1.165, 1.54) is 16.9 Å². The maximum Gasteiger partial charge on any atom is 0.231 e. The summed E-state index contributed by atoms with van der Waals surface area (Å²) in [6.07, 6.45) is 0. The molecule has 1 saturated heterocycles. The Hall–Kier alpha value is -1.46. The SMILES string of the molecule is Cc1ccc2nc(NC(=O)C3CNC3)sc2c1. The van der Waals surface area contributed by atoms with Crippen LogP contribution in [0.5, 0.6) is 0 Å². The zero-order chi connectivity index (χ0) is 11.8. The van der Waals surface area contributed by atoms with Crippen LogP contribution in [0.15, 0.2) is 18.2 Å². The average Bonchev–Trinajstić information content (AvgIpc) is 2.55. The number of hydrogen-bond acceptors (Lipinski definition) is 4. The molecule has 1 aromatic heterocycles. The fourth-order valence-corrected chi connectivity index (χ4v) is 2.73. The lowest BCUT2D eigenvalue weighted by atomic mass is 10.0. The van der Waals surface area contributed by atoms with Gasteiger partial charge in [0.2, 0.25) is 5.91 Å². The van der Waals surface area contributed by atoms with Gasteiger partial charge in [-0.25, -0.2) is 4.98 Å². The van der Waals surface area contributed by atoms with Gasteiger partial charge in [-0.2, -0.15) is 0 Å². The number of rotatable bonds is 2. The third kappa shape index (κ3) is 2.03. The van der Waals surface area contributed by atoms with Crippen molar-refractivity contribution in [2.75, 3.05) is 18.4 Å². The van der Waals surface area contributed by atoms with Crippen LogP contribution in [0.25, 0.3) is 10.2 Å². The van der Waals surface area contributed by atoms with Crippen LogP contribution in [0, 0.1) is 12.8 Å². The maximum atomic E-state index is 11.8. The second-order valence-corrected chi connectivity index (χ2v) is 5.37. The van der Waals surface area contributed by atoms with E-state index in [0.29, 0.717) is 5.13 Å². The molecule has 4 nitrogen and oxygen atoms in total. The lowest BCUT2D eigenvalue weighted by Crippen LogP contribution is -2.48. The molecule has 0 aliphatic carbocycles. The highest BCUT2D eigenvalue weighted by molar-refractivity contribution is 7.22. The summed E-state index contributed by atoms with van der Waals surface area (Å²) in [5, 5.41) is 6.66. The molecule has 2 N–H and O–H groups in total. The average molecular weight is 247 g/mol. The van der Waals surface area contributed by atoms with Crippen molar-refractivity contribution in [3.63, 3.8) is 0 Å². The summed E-state index contributed by atoms with van der Waals surface area (Å²) >= 11 is 1.53. The van der Waals surface area contributed by atoms with E-state index in [-0.39, 0.29) is 11.8 Å². The van der Waals surface area contributed by atoms with Gasteiger partial charge in [0.25, 0.3) is 0 Å². The summed E-state index contributed by atoms with van der Waals surface area (Å²) in [7, 11) is 0. The Morgan fingerprint density at radius 3 is 3.06 bits per heavy atom. The molecule has 0 bridgehead atoms. The van der Waals surface area contributed by atoms with Gasteiger partial charge in [0, 0.05) is 13.1 Å². The molecule has 1 amide bonds. The van der Waals surface area contributed by atoms with Crippen molar-refractivity contribution in [2.24, 2.45) is 5.92 Å². The number of nitrogens with zero attached hydrogens (tertiary/aromatic N) is 1. The topological polar surface area (TPSA) is 54.0 Å². The van der Waals surface area contributed by atoms with Gasteiger partial charge in [-0.15, -0.1) is 0 Å². The number of aryl methyl sites for hydroxylation is 1. The standard InChI is InChI=1S/C12H13N3OS/c1-7-2-3-9-10(4-7)17-12(14-9)15-11(16)8-5-13-6-8/h2-4,8,13H,5-6H2,1H3,(H,14,15,16). The highest BCUT2D eigenvalue weighted by atomic mass is 32.1. The Morgan fingerprint density at radius 1 is 1.53 bits per heavy atom. The smallest absolute Gasteiger partial charge is 0.231 e. The molecule has 0 atom stereocenters. The van der Waals surface area contributed by atoms with Gasteiger partial charge in [0.15, 0.2) is 5.13 Å². The molecule has 0 spiro atoms. The third-order valence-corrected chi connectivity index (χ3v) is 3.86. The van der Waals surface area contributed by atoms with Crippen molar-refractivity contribution < 1.29 is 4.79 Å². The number of thiazole rings is 1. The first kappa shape index (κ1) is 10.7. The molecule has 1 aliphatic rings. The van der Waals surface area contributed by atoms with Crippen molar-refractivity contribution in [3.8, 4) is 0 Å². The molecule has 0 radical (unpaired) electrons. The zero-order valence-electron chi connectivity index (χ0n) is 9.49. The Labute approximate surface area is 103 Å². The number of nitrogens with one attached hydrogen (secondary N) is 2.